The highest BCUT2D eigenvalue weighted by Crippen LogP contribution is 2.33. The number of fused-ring (bicyclic) bond motifs is 1. The summed E-state index contributed by atoms with van der Waals surface area (Å²) in [6.45, 7) is 0.891. The van der Waals surface area contributed by atoms with E-state index in [2.05, 4.69) is 9.71 Å². The zero-order valence-corrected chi connectivity index (χ0v) is 17.6. The summed E-state index contributed by atoms with van der Waals surface area (Å²) < 4.78 is 38.9. The number of aryl methyl sites for hydroxylation is 1. The fraction of sp³-hybridized carbons (Fsp3) is 0.217. The van der Waals surface area contributed by atoms with Crippen molar-refractivity contribution in [1.29, 1.82) is 0 Å². The lowest BCUT2D eigenvalue weighted by Gasteiger charge is -2.19. The standard InChI is InChI=1S/C23H22N2O5S/c26-20(7-3-18-2-1-11-24-16-18)14-17-4-8-21(9-5-17)31(27,28)25-19-6-10-22-23(15-19)30-13-12-29-22/h1-2,4-6,8-11,15-16,25H,3,7,12-14H2. The largest absolute Gasteiger partial charge is 0.486 e. The molecule has 4 rings (SSSR count). The quantitative estimate of drug-likeness (QED) is 0.579. The number of anilines is 1. The molecule has 31 heavy (non-hydrogen) atoms. The van der Waals surface area contributed by atoms with Crippen LogP contribution in [0.4, 0.5) is 5.69 Å². The van der Waals surface area contributed by atoms with Crippen molar-refractivity contribution in [3.05, 3.63) is 78.1 Å². The number of nitrogens with one attached hydrogen (secondary N) is 1. The normalized spacial score (nSPS) is 12.9. The van der Waals surface area contributed by atoms with Crippen LogP contribution >= 0.6 is 0 Å². The summed E-state index contributed by atoms with van der Waals surface area (Å²) in [6, 6.07) is 15.0. The first-order chi connectivity index (χ1) is 15.0. The van der Waals surface area contributed by atoms with Crippen molar-refractivity contribution in [1.82, 2.24) is 4.98 Å². The maximum Gasteiger partial charge on any atom is 0.261 e. The number of hydrogen-bond acceptors (Lipinski definition) is 6. The molecule has 3 aromatic rings. The Balaban J connectivity index is 1.37. The van der Waals surface area contributed by atoms with Gasteiger partial charge in [-0.15, -0.1) is 0 Å². The molecule has 0 saturated heterocycles. The number of carbonyl (C=O) groups is 1. The lowest BCUT2D eigenvalue weighted by atomic mass is 10.0. The molecule has 160 valence electrons. The number of ether oxygens (including phenoxy) is 2. The van der Waals surface area contributed by atoms with Crippen LogP contribution < -0.4 is 14.2 Å². The molecule has 1 aliphatic heterocycles. The zero-order chi connectivity index (χ0) is 21.7. The Morgan fingerprint density at radius 3 is 2.48 bits per heavy atom. The van der Waals surface area contributed by atoms with Gasteiger partial charge in [0.05, 0.1) is 10.6 Å². The molecule has 1 aliphatic rings. The van der Waals surface area contributed by atoms with Gasteiger partial charge in [-0.1, -0.05) is 18.2 Å². The Labute approximate surface area is 181 Å². The van der Waals surface area contributed by atoms with E-state index >= 15 is 0 Å². The topological polar surface area (TPSA) is 94.6 Å². The van der Waals surface area contributed by atoms with Gasteiger partial charge in [-0.2, -0.15) is 0 Å². The first kappa shape index (κ1) is 20.9. The van der Waals surface area contributed by atoms with E-state index in [1.165, 1.54) is 12.1 Å². The highest BCUT2D eigenvalue weighted by atomic mass is 32.2. The molecule has 8 heteroatoms. The predicted octanol–water partition coefficient (Wildman–Crippen LogP) is 3.40. The number of rotatable bonds is 8. The summed E-state index contributed by atoms with van der Waals surface area (Å²) in [4.78, 5) is 16.4. The predicted molar refractivity (Wildman–Crippen MR) is 116 cm³/mol. The van der Waals surface area contributed by atoms with Crippen LogP contribution in [0.2, 0.25) is 0 Å². The van der Waals surface area contributed by atoms with E-state index in [0.717, 1.165) is 11.1 Å². The second-order valence-electron chi connectivity index (χ2n) is 7.18. The third-order valence-corrected chi connectivity index (χ3v) is 6.24. The van der Waals surface area contributed by atoms with Crippen molar-refractivity contribution >= 4 is 21.5 Å². The van der Waals surface area contributed by atoms with Gasteiger partial charge in [-0.25, -0.2) is 8.42 Å². The van der Waals surface area contributed by atoms with Crippen LogP contribution in [0, 0.1) is 0 Å². The molecule has 2 heterocycles. The van der Waals surface area contributed by atoms with E-state index in [1.807, 2.05) is 12.1 Å². The Morgan fingerprint density at radius 1 is 0.968 bits per heavy atom. The molecular formula is C23H22N2O5S. The lowest BCUT2D eigenvalue weighted by molar-refractivity contribution is -0.118. The number of nitrogens with zero attached hydrogens (tertiary/aromatic N) is 1. The molecule has 0 spiro atoms. The molecule has 0 saturated carbocycles. The molecular weight excluding hydrogens is 416 g/mol. The van der Waals surface area contributed by atoms with Gasteiger partial charge in [0.25, 0.3) is 10.0 Å². The summed E-state index contributed by atoms with van der Waals surface area (Å²) in [5.74, 6) is 1.19. The van der Waals surface area contributed by atoms with Crippen LogP contribution in [0.3, 0.4) is 0 Å². The van der Waals surface area contributed by atoms with Crippen LogP contribution in [0.1, 0.15) is 17.5 Å². The minimum atomic E-state index is -3.77. The average molecular weight is 439 g/mol. The maximum atomic E-state index is 12.7. The van der Waals surface area contributed by atoms with Crippen molar-refractivity contribution < 1.29 is 22.7 Å². The highest BCUT2D eigenvalue weighted by Gasteiger charge is 2.17. The Hall–Kier alpha value is -3.39. The Kier molecular flexibility index (Phi) is 6.18. The van der Waals surface area contributed by atoms with Gasteiger partial charge in [0.1, 0.15) is 19.0 Å². The fourth-order valence-corrected chi connectivity index (χ4v) is 4.30. The summed E-state index contributed by atoms with van der Waals surface area (Å²) in [5.41, 5.74) is 2.18. The molecule has 1 aromatic heterocycles. The molecule has 0 aliphatic carbocycles. The average Bonchev–Trinajstić information content (AvgIpc) is 2.78. The van der Waals surface area contributed by atoms with Gasteiger partial charge in [0.15, 0.2) is 11.5 Å². The van der Waals surface area contributed by atoms with Gasteiger partial charge in [0.2, 0.25) is 0 Å². The number of Topliss-reactive ketones (excluding diaryl/α,β-unsaturated/α-hetero) is 1. The fourth-order valence-electron chi connectivity index (χ4n) is 3.25. The van der Waals surface area contributed by atoms with E-state index in [-0.39, 0.29) is 17.1 Å². The Morgan fingerprint density at radius 2 is 1.74 bits per heavy atom. The lowest BCUT2D eigenvalue weighted by Crippen LogP contribution is -2.16. The number of pyridine rings is 1. The second-order valence-corrected chi connectivity index (χ2v) is 8.87. The number of benzene rings is 2. The van der Waals surface area contributed by atoms with Crippen molar-refractivity contribution in [3.63, 3.8) is 0 Å². The zero-order valence-electron chi connectivity index (χ0n) is 16.8. The van der Waals surface area contributed by atoms with Gasteiger partial charge >= 0.3 is 0 Å². The van der Waals surface area contributed by atoms with Crippen molar-refractivity contribution in [3.8, 4) is 11.5 Å². The van der Waals surface area contributed by atoms with Crippen LogP contribution in [-0.2, 0) is 27.7 Å². The third kappa shape index (κ3) is 5.40. The summed E-state index contributed by atoms with van der Waals surface area (Å²) >= 11 is 0. The molecule has 1 N–H and O–H groups in total. The molecule has 7 nitrogen and oxygen atoms in total. The monoisotopic (exact) mass is 438 g/mol. The van der Waals surface area contributed by atoms with Crippen LogP contribution in [-0.4, -0.2) is 32.4 Å². The van der Waals surface area contributed by atoms with Crippen molar-refractivity contribution in [2.45, 2.75) is 24.2 Å². The van der Waals surface area contributed by atoms with Crippen LogP contribution in [0.15, 0.2) is 71.9 Å². The SMILES string of the molecule is O=C(CCc1cccnc1)Cc1ccc(S(=O)(=O)Nc2ccc3c(c2)OCCO3)cc1. The smallest absolute Gasteiger partial charge is 0.261 e. The van der Waals surface area contributed by atoms with E-state index in [9.17, 15) is 13.2 Å². The first-order valence-corrected chi connectivity index (χ1v) is 11.4. The number of carbonyl (C=O) groups excluding carboxylic acids is 1. The summed E-state index contributed by atoms with van der Waals surface area (Å²) in [6.07, 6.45) is 4.76. The third-order valence-electron chi connectivity index (χ3n) is 4.84. The van der Waals surface area contributed by atoms with Crippen molar-refractivity contribution in [2.24, 2.45) is 0 Å². The first-order valence-electron chi connectivity index (χ1n) is 9.92. The van der Waals surface area contributed by atoms with E-state index in [4.69, 9.17) is 9.47 Å². The van der Waals surface area contributed by atoms with Crippen LogP contribution in [0.5, 0.6) is 11.5 Å². The number of aromatic nitrogens is 1. The Bertz CT molecular complexity index is 1160. The summed E-state index contributed by atoms with van der Waals surface area (Å²) in [5, 5.41) is 0. The molecule has 0 unspecified atom stereocenters. The highest BCUT2D eigenvalue weighted by molar-refractivity contribution is 7.92. The van der Waals surface area contributed by atoms with E-state index in [1.54, 1.807) is 42.7 Å². The van der Waals surface area contributed by atoms with Gasteiger partial charge in [-0.3, -0.25) is 14.5 Å². The molecule has 0 amide bonds. The number of hydrogen-bond donors (Lipinski definition) is 1. The minimum absolute atomic E-state index is 0.0915. The molecule has 0 atom stereocenters. The van der Waals surface area contributed by atoms with Gasteiger partial charge < -0.3 is 9.47 Å². The van der Waals surface area contributed by atoms with Crippen LogP contribution in [0.25, 0.3) is 0 Å². The molecule has 0 radical (unpaired) electrons. The summed E-state index contributed by atoms with van der Waals surface area (Å²) in [7, 11) is -3.77. The van der Waals surface area contributed by atoms with Crippen molar-refractivity contribution in [2.75, 3.05) is 17.9 Å². The number of ketones is 1. The van der Waals surface area contributed by atoms with Gasteiger partial charge in [-0.05, 0) is 47.9 Å². The maximum absolute atomic E-state index is 12.7. The molecule has 0 bridgehead atoms. The molecule has 0 fully saturated rings. The molecule has 2 aromatic carbocycles. The van der Waals surface area contributed by atoms with Gasteiger partial charge in [0, 0.05) is 31.3 Å². The number of sulfonamides is 1. The second kappa shape index (κ2) is 9.18. The van der Waals surface area contributed by atoms with E-state index in [0.29, 0.717) is 43.2 Å². The minimum Gasteiger partial charge on any atom is -0.486 e. The van der Waals surface area contributed by atoms with E-state index < -0.39 is 10.0 Å².